The van der Waals surface area contributed by atoms with Crippen molar-refractivity contribution in [3.8, 4) is 0 Å². The SMILES string of the molecule is O=P(O)(O)O.[CaH2].c1cc[nH]c1. The molecule has 0 unspecified atom stereocenters. The van der Waals surface area contributed by atoms with Gasteiger partial charge in [0, 0.05) is 12.4 Å². The molecule has 0 fully saturated rings. The van der Waals surface area contributed by atoms with E-state index in [0.717, 1.165) is 0 Å². The molecule has 0 saturated heterocycles. The monoisotopic (exact) mass is 207 g/mol. The molecule has 1 rings (SSSR count). The first-order valence-electron chi connectivity index (χ1n) is 2.36. The molecule has 0 amide bonds. The molecule has 0 atom stereocenters. The summed E-state index contributed by atoms with van der Waals surface area (Å²) in [5.74, 6) is 0. The fraction of sp³-hybridized carbons (Fsp3) is 0. The van der Waals surface area contributed by atoms with Crippen molar-refractivity contribution in [3.05, 3.63) is 24.5 Å². The number of aromatic amines is 1. The fourth-order valence-corrected chi connectivity index (χ4v) is 0.278. The van der Waals surface area contributed by atoms with Crippen LogP contribution in [0.4, 0.5) is 0 Å². The molecule has 5 nitrogen and oxygen atoms in total. The predicted octanol–water partition coefficient (Wildman–Crippen LogP) is -0.830. The minimum Gasteiger partial charge on any atom is -0.368 e. The van der Waals surface area contributed by atoms with Gasteiger partial charge in [0.2, 0.25) is 0 Å². The van der Waals surface area contributed by atoms with Gasteiger partial charge in [-0.1, -0.05) is 0 Å². The quantitative estimate of drug-likeness (QED) is 0.330. The zero-order valence-electron chi connectivity index (χ0n) is 5.01. The summed E-state index contributed by atoms with van der Waals surface area (Å²) in [5, 5.41) is 0. The number of aromatic nitrogens is 1. The van der Waals surface area contributed by atoms with Crippen LogP contribution >= 0.6 is 7.82 Å². The molecular weight excluding hydrogens is 197 g/mol. The van der Waals surface area contributed by atoms with E-state index >= 15 is 0 Å². The zero-order chi connectivity index (χ0) is 8.04. The molecule has 0 aliphatic heterocycles. The largest absolute Gasteiger partial charge is 0.368 e. The van der Waals surface area contributed by atoms with Crippen molar-refractivity contribution in [2.75, 3.05) is 0 Å². The number of hydrogen-bond acceptors (Lipinski definition) is 1. The Hall–Kier alpha value is 0.650. The molecule has 0 aliphatic rings. The molecule has 11 heavy (non-hydrogen) atoms. The van der Waals surface area contributed by atoms with E-state index in [4.69, 9.17) is 19.2 Å². The van der Waals surface area contributed by atoms with Crippen molar-refractivity contribution in [2.45, 2.75) is 0 Å². The minimum atomic E-state index is -4.64. The van der Waals surface area contributed by atoms with E-state index < -0.39 is 7.82 Å². The average molecular weight is 207 g/mol. The first-order valence-corrected chi connectivity index (χ1v) is 3.93. The van der Waals surface area contributed by atoms with Crippen LogP contribution in [0.15, 0.2) is 24.5 Å². The van der Waals surface area contributed by atoms with Gasteiger partial charge in [-0.25, -0.2) is 4.57 Å². The van der Waals surface area contributed by atoms with Gasteiger partial charge in [0.25, 0.3) is 0 Å². The van der Waals surface area contributed by atoms with Gasteiger partial charge in [-0.2, -0.15) is 0 Å². The maximum absolute atomic E-state index is 8.88. The van der Waals surface area contributed by atoms with E-state index in [1.54, 1.807) is 0 Å². The molecule has 0 radical (unpaired) electrons. The third-order valence-electron chi connectivity index (χ3n) is 0.496. The number of hydrogen-bond donors (Lipinski definition) is 4. The van der Waals surface area contributed by atoms with Gasteiger partial charge in [0.05, 0.1) is 0 Å². The Kier molecular flexibility index (Phi) is 9.43. The van der Waals surface area contributed by atoms with Gasteiger partial charge < -0.3 is 19.7 Å². The van der Waals surface area contributed by atoms with Crippen molar-refractivity contribution < 1.29 is 19.2 Å². The third-order valence-corrected chi connectivity index (χ3v) is 0.496. The first-order chi connectivity index (χ1) is 4.50. The van der Waals surface area contributed by atoms with Crippen LogP contribution in [0.1, 0.15) is 0 Å². The molecule has 0 saturated carbocycles. The van der Waals surface area contributed by atoms with Crippen molar-refractivity contribution in [1.29, 1.82) is 0 Å². The van der Waals surface area contributed by atoms with Gasteiger partial charge in [0.1, 0.15) is 0 Å². The van der Waals surface area contributed by atoms with E-state index in [1.807, 2.05) is 24.5 Å². The van der Waals surface area contributed by atoms with Crippen molar-refractivity contribution >= 4 is 45.6 Å². The topological polar surface area (TPSA) is 93.6 Å². The second-order valence-corrected chi connectivity index (χ2v) is 2.42. The average Bonchev–Trinajstić information content (AvgIpc) is 2.07. The van der Waals surface area contributed by atoms with Gasteiger partial charge in [-0.3, -0.25) is 0 Å². The third kappa shape index (κ3) is 25.0. The van der Waals surface area contributed by atoms with E-state index in [0.29, 0.717) is 0 Å². The molecule has 0 spiro atoms. The zero-order valence-corrected chi connectivity index (χ0v) is 5.90. The number of phosphoric acid groups is 1. The molecule has 0 bridgehead atoms. The summed E-state index contributed by atoms with van der Waals surface area (Å²) >= 11 is 0. The Morgan fingerprint density at radius 3 is 1.45 bits per heavy atom. The number of H-pyrrole nitrogens is 1. The number of rotatable bonds is 0. The van der Waals surface area contributed by atoms with Gasteiger partial charge in [-0.15, -0.1) is 0 Å². The standard InChI is InChI=1S/C4H5N.Ca.H3O4P.2H/c1-2-4-5-3-1;;1-5(2,3)4;;/h1-5H;;(H3,1,2,3,4);;. The summed E-state index contributed by atoms with van der Waals surface area (Å²) in [6, 6.07) is 3.89. The Morgan fingerprint density at radius 2 is 1.36 bits per heavy atom. The van der Waals surface area contributed by atoms with Gasteiger partial charge in [-0.05, 0) is 12.1 Å². The van der Waals surface area contributed by atoms with Gasteiger partial charge >= 0.3 is 45.6 Å². The van der Waals surface area contributed by atoms with E-state index in [-0.39, 0.29) is 37.7 Å². The normalized spacial score (nSPS) is 9.00. The van der Waals surface area contributed by atoms with E-state index in [1.165, 1.54) is 0 Å². The van der Waals surface area contributed by atoms with Crippen LogP contribution < -0.4 is 0 Å². The Balaban J connectivity index is 0. The molecule has 1 aromatic heterocycles. The maximum atomic E-state index is 8.88. The maximum Gasteiger partial charge on any atom is 0.000496 e. The molecular formula is C4H10CaNO4P. The fourth-order valence-electron chi connectivity index (χ4n) is 0.278. The minimum absolute atomic E-state index is 0. The van der Waals surface area contributed by atoms with Crippen LogP contribution in [0, 0.1) is 0 Å². The summed E-state index contributed by atoms with van der Waals surface area (Å²) in [6.45, 7) is 0. The smallest absolute Gasteiger partial charge is 0.000496 e. The summed E-state index contributed by atoms with van der Waals surface area (Å²) in [6.07, 6.45) is 3.75. The Labute approximate surface area is 93.7 Å². The predicted molar refractivity (Wildman–Crippen MR) is 43.6 cm³/mol. The van der Waals surface area contributed by atoms with E-state index in [2.05, 4.69) is 4.98 Å². The molecule has 0 aromatic carbocycles. The van der Waals surface area contributed by atoms with E-state index in [9.17, 15) is 0 Å². The van der Waals surface area contributed by atoms with Crippen LogP contribution in [-0.4, -0.2) is 57.4 Å². The second kappa shape index (κ2) is 7.31. The molecule has 7 heteroatoms. The van der Waals surface area contributed by atoms with Crippen LogP contribution in [0.5, 0.6) is 0 Å². The Morgan fingerprint density at radius 1 is 1.09 bits per heavy atom. The van der Waals surface area contributed by atoms with Crippen molar-refractivity contribution in [2.24, 2.45) is 0 Å². The first kappa shape index (κ1) is 14.2. The molecule has 1 heterocycles. The van der Waals surface area contributed by atoms with Crippen LogP contribution in [0.2, 0.25) is 0 Å². The van der Waals surface area contributed by atoms with Crippen LogP contribution in [0.25, 0.3) is 0 Å². The summed E-state index contributed by atoms with van der Waals surface area (Å²) in [7, 11) is -4.64. The van der Waals surface area contributed by atoms with Crippen molar-refractivity contribution in [1.82, 2.24) is 4.98 Å². The summed E-state index contributed by atoms with van der Waals surface area (Å²) in [4.78, 5) is 24.4. The molecule has 4 N–H and O–H groups in total. The molecule has 0 aliphatic carbocycles. The second-order valence-electron chi connectivity index (χ2n) is 1.40. The summed E-state index contributed by atoms with van der Waals surface area (Å²) in [5.41, 5.74) is 0. The summed E-state index contributed by atoms with van der Waals surface area (Å²) < 4.78 is 8.88. The Bertz CT molecular complexity index is 170. The van der Waals surface area contributed by atoms with Crippen molar-refractivity contribution in [3.63, 3.8) is 0 Å². The van der Waals surface area contributed by atoms with Crippen LogP contribution in [-0.2, 0) is 4.57 Å². The number of nitrogens with one attached hydrogen (secondary N) is 1. The van der Waals surface area contributed by atoms with Crippen LogP contribution in [0.3, 0.4) is 0 Å². The van der Waals surface area contributed by atoms with Gasteiger partial charge in [0.15, 0.2) is 0 Å². The molecule has 62 valence electrons. The molecule has 1 aromatic rings.